The maximum absolute atomic E-state index is 5.55. The Bertz CT molecular complexity index is 193. The Kier molecular flexibility index (Phi) is 3.68. The largest absolute Gasteiger partial charge is 0.393 e. The van der Waals surface area contributed by atoms with Gasteiger partial charge in [-0.15, -0.1) is 0 Å². The second-order valence-corrected chi connectivity index (χ2v) is 4.93. The number of hydrogen-bond acceptors (Lipinski definition) is 2. The summed E-state index contributed by atoms with van der Waals surface area (Å²) in [7, 11) is 0. The third kappa shape index (κ3) is 2.92. The van der Waals surface area contributed by atoms with Crippen LogP contribution in [-0.2, 0) is 0 Å². The predicted molar refractivity (Wildman–Crippen MR) is 60.8 cm³/mol. The standard InChI is InChI=1S/C10H20N2S/c1-7-4-8(2)12(6-7)9(3)5-10(11)13/h7-9H,4-6H2,1-3H3,(H2,11,13). The van der Waals surface area contributed by atoms with E-state index in [9.17, 15) is 0 Å². The first-order valence-corrected chi connectivity index (χ1v) is 5.45. The van der Waals surface area contributed by atoms with E-state index >= 15 is 0 Å². The SMILES string of the molecule is CC1CC(C)N(C(C)CC(N)=S)C1. The summed E-state index contributed by atoms with van der Waals surface area (Å²) in [5, 5.41) is 0. The molecule has 0 aliphatic carbocycles. The van der Waals surface area contributed by atoms with E-state index in [1.54, 1.807) is 0 Å². The van der Waals surface area contributed by atoms with Gasteiger partial charge in [0, 0.05) is 25.0 Å². The molecule has 3 unspecified atom stereocenters. The first kappa shape index (κ1) is 10.9. The van der Waals surface area contributed by atoms with Gasteiger partial charge in [-0.1, -0.05) is 19.1 Å². The highest BCUT2D eigenvalue weighted by Crippen LogP contribution is 2.25. The van der Waals surface area contributed by atoms with Gasteiger partial charge < -0.3 is 5.73 Å². The van der Waals surface area contributed by atoms with Gasteiger partial charge in [-0.2, -0.15) is 0 Å². The second kappa shape index (κ2) is 4.38. The summed E-state index contributed by atoms with van der Waals surface area (Å²) in [6.45, 7) is 8.02. The van der Waals surface area contributed by atoms with Crippen LogP contribution in [0.3, 0.4) is 0 Å². The molecule has 0 radical (unpaired) electrons. The van der Waals surface area contributed by atoms with Gasteiger partial charge in [-0.05, 0) is 26.2 Å². The van der Waals surface area contributed by atoms with Crippen molar-refractivity contribution in [3.63, 3.8) is 0 Å². The Morgan fingerprint density at radius 3 is 2.62 bits per heavy atom. The first-order valence-electron chi connectivity index (χ1n) is 5.04. The summed E-state index contributed by atoms with van der Waals surface area (Å²) in [5.74, 6) is 0.823. The van der Waals surface area contributed by atoms with Gasteiger partial charge in [0.2, 0.25) is 0 Å². The lowest BCUT2D eigenvalue weighted by molar-refractivity contribution is 0.204. The molecule has 3 atom stereocenters. The molecule has 1 aliphatic heterocycles. The van der Waals surface area contributed by atoms with Gasteiger partial charge >= 0.3 is 0 Å². The van der Waals surface area contributed by atoms with Crippen LogP contribution in [0.2, 0.25) is 0 Å². The fraction of sp³-hybridized carbons (Fsp3) is 0.900. The Balaban J connectivity index is 2.46. The van der Waals surface area contributed by atoms with E-state index in [1.165, 1.54) is 13.0 Å². The summed E-state index contributed by atoms with van der Waals surface area (Å²) in [4.78, 5) is 3.16. The van der Waals surface area contributed by atoms with Crippen molar-refractivity contribution in [1.29, 1.82) is 0 Å². The smallest absolute Gasteiger partial charge is 0.0742 e. The molecular formula is C10H20N2S. The molecule has 1 saturated heterocycles. The number of nitrogens with two attached hydrogens (primary N) is 1. The van der Waals surface area contributed by atoms with Crippen LogP contribution in [0.15, 0.2) is 0 Å². The molecule has 0 aromatic carbocycles. The fourth-order valence-corrected chi connectivity index (χ4v) is 2.60. The average Bonchev–Trinajstić information content (AvgIpc) is 2.28. The van der Waals surface area contributed by atoms with Crippen molar-refractivity contribution < 1.29 is 0 Å². The molecular weight excluding hydrogens is 180 g/mol. The van der Waals surface area contributed by atoms with Gasteiger partial charge in [0.25, 0.3) is 0 Å². The van der Waals surface area contributed by atoms with Crippen LogP contribution in [0.25, 0.3) is 0 Å². The number of hydrogen-bond donors (Lipinski definition) is 1. The molecule has 1 heterocycles. The third-order valence-corrected chi connectivity index (χ3v) is 3.06. The van der Waals surface area contributed by atoms with Crippen LogP contribution in [0, 0.1) is 5.92 Å². The normalized spacial score (nSPS) is 31.9. The van der Waals surface area contributed by atoms with E-state index in [-0.39, 0.29) is 0 Å². The summed E-state index contributed by atoms with van der Waals surface area (Å²) >= 11 is 4.93. The molecule has 1 rings (SSSR count). The maximum atomic E-state index is 5.55. The van der Waals surface area contributed by atoms with Crippen molar-refractivity contribution >= 4 is 17.2 Å². The van der Waals surface area contributed by atoms with Crippen LogP contribution in [0.5, 0.6) is 0 Å². The van der Waals surface area contributed by atoms with Crippen molar-refractivity contribution in [1.82, 2.24) is 4.90 Å². The first-order chi connectivity index (χ1) is 6.00. The van der Waals surface area contributed by atoms with Gasteiger partial charge in [0.05, 0.1) is 4.99 Å². The lowest BCUT2D eigenvalue weighted by atomic mass is 10.1. The summed E-state index contributed by atoms with van der Waals surface area (Å²) in [6, 6.07) is 1.21. The van der Waals surface area contributed by atoms with E-state index in [0.717, 1.165) is 12.3 Å². The van der Waals surface area contributed by atoms with Crippen LogP contribution in [0.1, 0.15) is 33.6 Å². The quantitative estimate of drug-likeness (QED) is 0.704. The minimum absolute atomic E-state index is 0.512. The Labute approximate surface area is 86.5 Å². The Morgan fingerprint density at radius 1 is 1.62 bits per heavy atom. The number of likely N-dealkylation sites (tertiary alicyclic amines) is 1. The van der Waals surface area contributed by atoms with Gasteiger partial charge in [-0.25, -0.2) is 0 Å². The van der Waals surface area contributed by atoms with Gasteiger partial charge in [0.1, 0.15) is 0 Å². The molecule has 0 aromatic heterocycles. The minimum Gasteiger partial charge on any atom is -0.393 e. The van der Waals surface area contributed by atoms with Crippen molar-refractivity contribution in [2.24, 2.45) is 11.7 Å². The molecule has 2 N–H and O–H groups in total. The highest BCUT2D eigenvalue weighted by molar-refractivity contribution is 7.80. The molecule has 1 fully saturated rings. The van der Waals surface area contributed by atoms with E-state index in [0.29, 0.717) is 17.1 Å². The number of rotatable bonds is 3. The number of thiocarbonyl (C=S) groups is 1. The molecule has 76 valence electrons. The highest BCUT2D eigenvalue weighted by atomic mass is 32.1. The van der Waals surface area contributed by atoms with Crippen molar-refractivity contribution in [2.45, 2.75) is 45.7 Å². The molecule has 13 heavy (non-hydrogen) atoms. The summed E-state index contributed by atoms with van der Waals surface area (Å²) in [6.07, 6.45) is 2.16. The van der Waals surface area contributed by atoms with Crippen LogP contribution in [-0.4, -0.2) is 28.5 Å². The topological polar surface area (TPSA) is 29.3 Å². The summed E-state index contributed by atoms with van der Waals surface area (Å²) in [5.41, 5.74) is 5.55. The van der Waals surface area contributed by atoms with Crippen LogP contribution < -0.4 is 5.73 Å². The lowest BCUT2D eigenvalue weighted by Crippen LogP contribution is -2.38. The molecule has 0 saturated carbocycles. The summed E-state index contributed by atoms with van der Waals surface area (Å²) < 4.78 is 0. The van der Waals surface area contributed by atoms with Gasteiger partial charge in [-0.3, -0.25) is 4.90 Å². The van der Waals surface area contributed by atoms with Crippen LogP contribution >= 0.6 is 12.2 Å². The molecule has 3 heteroatoms. The average molecular weight is 200 g/mol. The van der Waals surface area contributed by atoms with Crippen molar-refractivity contribution in [3.8, 4) is 0 Å². The maximum Gasteiger partial charge on any atom is 0.0742 e. The third-order valence-electron chi connectivity index (χ3n) is 2.89. The van der Waals surface area contributed by atoms with E-state index in [1.807, 2.05) is 0 Å². The van der Waals surface area contributed by atoms with Crippen molar-refractivity contribution in [3.05, 3.63) is 0 Å². The molecule has 0 aromatic rings. The zero-order chi connectivity index (χ0) is 10.0. The molecule has 0 spiro atoms. The molecule has 2 nitrogen and oxygen atoms in total. The molecule has 0 amide bonds. The second-order valence-electron chi connectivity index (χ2n) is 4.41. The van der Waals surface area contributed by atoms with E-state index in [2.05, 4.69) is 25.7 Å². The Morgan fingerprint density at radius 2 is 2.23 bits per heavy atom. The van der Waals surface area contributed by atoms with Gasteiger partial charge in [0.15, 0.2) is 0 Å². The lowest BCUT2D eigenvalue weighted by Gasteiger charge is -2.28. The van der Waals surface area contributed by atoms with Crippen molar-refractivity contribution in [2.75, 3.05) is 6.54 Å². The molecule has 0 bridgehead atoms. The fourth-order valence-electron chi connectivity index (χ4n) is 2.35. The zero-order valence-electron chi connectivity index (χ0n) is 8.79. The monoisotopic (exact) mass is 200 g/mol. The Hall–Kier alpha value is -0.150. The van der Waals surface area contributed by atoms with E-state index < -0.39 is 0 Å². The van der Waals surface area contributed by atoms with Crippen LogP contribution in [0.4, 0.5) is 0 Å². The number of nitrogens with zero attached hydrogens (tertiary/aromatic N) is 1. The van der Waals surface area contributed by atoms with E-state index in [4.69, 9.17) is 18.0 Å². The predicted octanol–water partition coefficient (Wildman–Crippen LogP) is 1.78. The minimum atomic E-state index is 0.512. The highest BCUT2D eigenvalue weighted by Gasteiger charge is 2.29. The molecule has 1 aliphatic rings. The zero-order valence-corrected chi connectivity index (χ0v) is 9.60.